The van der Waals surface area contributed by atoms with Crippen molar-refractivity contribution in [3.8, 4) is 0 Å². The van der Waals surface area contributed by atoms with Crippen LogP contribution in [0.3, 0.4) is 0 Å². The number of ether oxygens (including phenoxy) is 1. The molecule has 0 bridgehead atoms. The van der Waals surface area contributed by atoms with Crippen molar-refractivity contribution < 1.29 is 4.74 Å². The van der Waals surface area contributed by atoms with E-state index < -0.39 is 0 Å². The van der Waals surface area contributed by atoms with Gasteiger partial charge in [0.1, 0.15) is 0 Å². The smallest absolute Gasteiger partial charge is 0.0661 e. The van der Waals surface area contributed by atoms with Crippen LogP contribution >= 0.6 is 0 Å². The average Bonchev–Trinajstić information content (AvgIpc) is 2.46. The van der Waals surface area contributed by atoms with Gasteiger partial charge in [0.2, 0.25) is 0 Å². The van der Waals surface area contributed by atoms with Crippen LogP contribution in [0.2, 0.25) is 0 Å². The highest BCUT2D eigenvalue weighted by Crippen LogP contribution is 2.25. The summed E-state index contributed by atoms with van der Waals surface area (Å²) in [6, 6.07) is 0.718. The molecule has 0 aromatic heterocycles. The predicted molar refractivity (Wildman–Crippen MR) is 48.0 cm³/mol. The van der Waals surface area contributed by atoms with Gasteiger partial charge in [-0.15, -0.1) is 0 Å². The molecule has 12 heavy (non-hydrogen) atoms. The molecule has 2 rings (SSSR count). The van der Waals surface area contributed by atoms with E-state index in [1.807, 2.05) is 0 Å². The standard InChI is InChI=1S/C9H18N2O/c10-6-9(4-5-12-7-9)11-8-2-1-3-8/h8,11H,1-7,10H2. The number of hydrogen-bond acceptors (Lipinski definition) is 3. The Kier molecular flexibility index (Phi) is 2.35. The van der Waals surface area contributed by atoms with Crippen LogP contribution in [0.1, 0.15) is 25.7 Å². The zero-order valence-corrected chi connectivity index (χ0v) is 7.51. The van der Waals surface area contributed by atoms with Gasteiger partial charge in [-0.2, -0.15) is 0 Å². The molecule has 1 atom stereocenters. The van der Waals surface area contributed by atoms with E-state index in [0.717, 1.165) is 25.7 Å². The second kappa shape index (κ2) is 3.32. The predicted octanol–water partition coefficient (Wildman–Crippen LogP) is 0.246. The van der Waals surface area contributed by atoms with Crippen LogP contribution in [-0.4, -0.2) is 31.3 Å². The van der Waals surface area contributed by atoms with E-state index in [0.29, 0.717) is 6.54 Å². The lowest BCUT2D eigenvalue weighted by Gasteiger charge is -2.37. The van der Waals surface area contributed by atoms with Gasteiger partial charge in [0.05, 0.1) is 12.1 Å². The molecule has 0 spiro atoms. The molecule has 2 aliphatic rings. The Morgan fingerprint density at radius 1 is 1.50 bits per heavy atom. The molecule has 1 saturated carbocycles. The highest BCUT2D eigenvalue weighted by atomic mass is 16.5. The van der Waals surface area contributed by atoms with E-state index in [4.69, 9.17) is 10.5 Å². The zero-order valence-electron chi connectivity index (χ0n) is 7.51. The first-order valence-electron chi connectivity index (χ1n) is 4.90. The summed E-state index contributed by atoms with van der Waals surface area (Å²) in [6.45, 7) is 2.39. The first kappa shape index (κ1) is 8.48. The Balaban J connectivity index is 1.87. The second-order valence-corrected chi connectivity index (χ2v) is 4.06. The Morgan fingerprint density at radius 2 is 2.33 bits per heavy atom. The third-order valence-electron chi connectivity index (χ3n) is 3.11. The maximum atomic E-state index is 5.75. The van der Waals surface area contributed by atoms with Crippen molar-refractivity contribution >= 4 is 0 Å². The van der Waals surface area contributed by atoms with Crippen molar-refractivity contribution in [1.29, 1.82) is 0 Å². The first-order valence-corrected chi connectivity index (χ1v) is 4.90. The number of nitrogens with one attached hydrogen (secondary N) is 1. The van der Waals surface area contributed by atoms with Crippen LogP contribution in [0.5, 0.6) is 0 Å². The van der Waals surface area contributed by atoms with Gasteiger partial charge in [0.15, 0.2) is 0 Å². The van der Waals surface area contributed by atoms with Crippen LogP contribution in [-0.2, 0) is 4.74 Å². The molecule has 1 unspecified atom stereocenters. The minimum Gasteiger partial charge on any atom is -0.379 e. The molecular formula is C9H18N2O. The lowest BCUT2D eigenvalue weighted by atomic mass is 9.88. The SMILES string of the molecule is NCC1(NC2CCC2)CCOC1. The zero-order chi connectivity index (χ0) is 8.44. The molecule has 1 heterocycles. The van der Waals surface area contributed by atoms with Crippen LogP contribution < -0.4 is 11.1 Å². The second-order valence-electron chi connectivity index (χ2n) is 4.06. The highest BCUT2D eigenvalue weighted by Gasteiger charge is 2.36. The lowest BCUT2D eigenvalue weighted by Crippen LogP contribution is -2.57. The van der Waals surface area contributed by atoms with Gasteiger partial charge in [-0.05, 0) is 19.3 Å². The van der Waals surface area contributed by atoms with E-state index in [1.54, 1.807) is 0 Å². The van der Waals surface area contributed by atoms with Gasteiger partial charge in [-0.1, -0.05) is 6.42 Å². The van der Waals surface area contributed by atoms with Gasteiger partial charge in [0.25, 0.3) is 0 Å². The average molecular weight is 170 g/mol. The van der Waals surface area contributed by atoms with Gasteiger partial charge in [-0.25, -0.2) is 0 Å². The fraction of sp³-hybridized carbons (Fsp3) is 1.00. The van der Waals surface area contributed by atoms with Gasteiger partial charge >= 0.3 is 0 Å². The molecule has 1 aliphatic heterocycles. The summed E-state index contributed by atoms with van der Waals surface area (Å²) in [7, 11) is 0. The Morgan fingerprint density at radius 3 is 2.75 bits per heavy atom. The molecule has 0 aromatic carbocycles. The monoisotopic (exact) mass is 170 g/mol. The molecule has 1 aliphatic carbocycles. The fourth-order valence-corrected chi connectivity index (χ4v) is 1.93. The van der Waals surface area contributed by atoms with Crippen LogP contribution in [0.25, 0.3) is 0 Å². The molecule has 70 valence electrons. The summed E-state index contributed by atoms with van der Waals surface area (Å²) in [4.78, 5) is 0. The maximum absolute atomic E-state index is 5.75. The molecule has 2 fully saturated rings. The number of hydrogen-bond donors (Lipinski definition) is 2. The van der Waals surface area contributed by atoms with Crippen molar-refractivity contribution in [2.45, 2.75) is 37.3 Å². The largest absolute Gasteiger partial charge is 0.379 e. The maximum Gasteiger partial charge on any atom is 0.0661 e. The molecule has 3 nitrogen and oxygen atoms in total. The van der Waals surface area contributed by atoms with E-state index in [1.165, 1.54) is 19.3 Å². The Bertz CT molecular complexity index is 151. The fourth-order valence-electron chi connectivity index (χ4n) is 1.93. The number of nitrogens with two attached hydrogens (primary N) is 1. The van der Waals surface area contributed by atoms with Crippen LogP contribution in [0.4, 0.5) is 0 Å². The summed E-state index contributed by atoms with van der Waals surface area (Å²) < 4.78 is 5.38. The van der Waals surface area contributed by atoms with Crippen LogP contribution in [0.15, 0.2) is 0 Å². The van der Waals surface area contributed by atoms with E-state index >= 15 is 0 Å². The molecule has 3 N–H and O–H groups in total. The molecule has 0 amide bonds. The molecule has 0 radical (unpaired) electrons. The van der Waals surface area contributed by atoms with Gasteiger partial charge in [-0.3, -0.25) is 0 Å². The van der Waals surface area contributed by atoms with Crippen LogP contribution in [0, 0.1) is 0 Å². The van der Waals surface area contributed by atoms with Crippen molar-refractivity contribution in [3.63, 3.8) is 0 Å². The van der Waals surface area contributed by atoms with Crippen molar-refractivity contribution in [2.24, 2.45) is 5.73 Å². The van der Waals surface area contributed by atoms with Gasteiger partial charge < -0.3 is 15.8 Å². The number of rotatable bonds is 3. The van der Waals surface area contributed by atoms with E-state index in [9.17, 15) is 0 Å². The first-order chi connectivity index (χ1) is 5.85. The Hall–Kier alpha value is -0.120. The topological polar surface area (TPSA) is 47.3 Å². The molecule has 0 aromatic rings. The molecule has 1 saturated heterocycles. The Labute approximate surface area is 73.7 Å². The summed E-state index contributed by atoms with van der Waals surface area (Å²) >= 11 is 0. The van der Waals surface area contributed by atoms with Crippen molar-refractivity contribution in [1.82, 2.24) is 5.32 Å². The summed E-state index contributed by atoms with van der Waals surface area (Å²) in [5, 5.41) is 3.63. The highest BCUT2D eigenvalue weighted by molar-refractivity contribution is 4.96. The van der Waals surface area contributed by atoms with E-state index in [-0.39, 0.29) is 5.54 Å². The quantitative estimate of drug-likeness (QED) is 0.638. The van der Waals surface area contributed by atoms with Crippen molar-refractivity contribution in [3.05, 3.63) is 0 Å². The third-order valence-corrected chi connectivity index (χ3v) is 3.11. The normalized spacial score (nSPS) is 36.8. The van der Waals surface area contributed by atoms with Crippen molar-refractivity contribution in [2.75, 3.05) is 19.8 Å². The molecule has 3 heteroatoms. The van der Waals surface area contributed by atoms with Gasteiger partial charge in [0, 0.05) is 19.2 Å². The van der Waals surface area contributed by atoms with E-state index in [2.05, 4.69) is 5.32 Å². The lowest BCUT2D eigenvalue weighted by molar-refractivity contribution is 0.152. The summed E-state index contributed by atoms with van der Waals surface area (Å²) in [6.07, 6.45) is 5.10. The summed E-state index contributed by atoms with van der Waals surface area (Å²) in [5.41, 5.74) is 5.87. The summed E-state index contributed by atoms with van der Waals surface area (Å²) in [5.74, 6) is 0. The minimum absolute atomic E-state index is 0.116. The minimum atomic E-state index is 0.116. The third kappa shape index (κ3) is 1.49. The molecular weight excluding hydrogens is 152 g/mol.